The summed E-state index contributed by atoms with van der Waals surface area (Å²) in [5, 5.41) is 9.80. The Morgan fingerprint density at radius 2 is 1.84 bits per heavy atom. The number of nitrogens with one attached hydrogen (secondary N) is 1. The van der Waals surface area contributed by atoms with Crippen molar-refractivity contribution in [2.45, 2.75) is 52.3 Å². The third-order valence-corrected chi connectivity index (χ3v) is 5.51. The third kappa shape index (κ3) is 4.67. The van der Waals surface area contributed by atoms with Gasteiger partial charge in [-0.1, -0.05) is 26.0 Å². The van der Waals surface area contributed by atoms with Crippen molar-refractivity contribution in [1.82, 2.24) is 9.55 Å². The lowest BCUT2D eigenvalue weighted by atomic mass is 9.92. The fourth-order valence-corrected chi connectivity index (χ4v) is 3.42. The second kappa shape index (κ2) is 8.98. The fraction of sp³-hybridized carbons (Fsp3) is 0.391. The zero-order valence-electron chi connectivity index (χ0n) is 17.8. The first-order valence-corrected chi connectivity index (χ1v) is 10.2. The maximum Gasteiger partial charge on any atom is 0.391 e. The average molecular weight is 429 g/mol. The minimum absolute atomic E-state index is 0.445. The van der Waals surface area contributed by atoms with E-state index in [1.807, 2.05) is 37.4 Å². The van der Waals surface area contributed by atoms with Gasteiger partial charge in [-0.25, -0.2) is 0 Å². The molecule has 2 heterocycles. The molecule has 1 aromatic carbocycles. The minimum atomic E-state index is -4.00. The lowest BCUT2D eigenvalue weighted by Gasteiger charge is -2.30. The van der Waals surface area contributed by atoms with Gasteiger partial charge in [-0.2, -0.15) is 18.4 Å². The highest BCUT2D eigenvalue weighted by atomic mass is 19.4. The van der Waals surface area contributed by atoms with Crippen LogP contribution in [-0.4, -0.2) is 15.7 Å². The van der Waals surface area contributed by atoms with Gasteiger partial charge in [0.25, 0.3) is 0 Å². The van der Waals surface area contributed by atoms with Gasteiger partial charge in [-0.05, 0) is 55.5 Å². The lowest BCUT2D eigenvalue weighted by Crippen LogP contribution is -2.18. The standard InChI is InChI=1S/C19H19N5.C4H7F3/c1-12-9-17-18(22-11-12)16(10-20)19(24(17)15-3-2-4-15)13-5-7-14(23-21)8-6-13;1-3(2)4(5,6)7/h5-9,11,15,23H,2-4,21H2,1H3;3H,1-2H3. The number of fused-ring (bicyclic) bond motifs is 1. The van der Waals surface area contributed by atoms with Gasteiger partial charge in [0, 0.05) is 23.8 Å². The number of alkyl halides is 3. The number of aryl methyl sites for hydroxylation is 1. The molecule has 8 heteroatoms. The van der Waals surface area contributed by atoms with E-state index in [-0.39, 0.29) is 0 Å². The number of halogens is 3. The summed E-state index contributed by atoms with van der Waals surface area (Å²) in [7, 11) is 0. The molecule has 0 amide bonds. The first-order valence-electron chi connectivity index (χ1n) is 10.2. The number of benzene rings is 1. The molecule has 164 valence electrons. The van der Waals surface area contributed by atoms with Crippen molar-refractivity contribution in [3.8, 4) is 17.3 Å². The number of pyridine rings is 1. The van der Waals surface area contributed by atoms with Crippen LogP contribution in [0.2, 0.25) is 0 Å². The van der Waals surface area contributed by atoms with E-state index < -0.39 is 12.1 Å². The Morgan fingerprint density at radius 1 is 1.23 bits per heavy atom. The second-order valence-electron chi connectivity index (χ2n) is 8.09. The maximum absolute atomic E-state index is 11.2. The van der Waals surface area contributed by atoms with Crippen molar-refractivity contribution in [3.63, 3.8) is 0 Å². The molecular formula is C23H26F3N5. The molecule has 1 aliphatic rings. The van der Waals surface area contributed by atoms with Crippen LogP contribution in [0.4, 0.5) is 18.9 Å². The third-order valence-electron chi connectivity index (χ3n) is 5.51. The van der Waals surface area contributed by atoms with Gasteiger partial charge in [0.05, 0.1) is 11.2 Å². The molecule has 0 atom stereocenters. The van der Waals surface area contributed by atoms with Crippen molar-refractivity contribution in [1.29, 1.82) is 5.26 Å². The Labute approximate surface area is 179 Å². The molecule has 1 aliphatic carbocycles. The van der Waals surface area contributed by atoms with Crippen molar-refractivity contribution >= 4 is 16.7 Å². The van der Waals surface area contributed by atoms with Crippen LogP contribution in [0, 0.1) is 24.2 Å². The van der Waals surface area contributed by atoms with Crippen LogP contribution in [0.3, 0.4) is 0 Å². The zero-order chi connectivity index (χ0) is 22.8. The van der Waals surface area contributed by atoms with E-state index >= 15 is 0 Å². The quantitative estimate of drug-likeness (QED) is 0.389. The van der Waals surface area contributed by atoms with Crippen LogP contribution in [-0.2, 0) is 0 Å². The Balaban J connectivity index is 0.000000339. The highest BCUT2D eigenvalue weighted by Crippen LogP contribution is 2.42. The first kappa shape index (κ1) is 22.6. The number of nitriles is 1. The van der Waals surface area contributed by atoms with Crippen LogP contribution in [0.15, 0.2) is 36.5 Å². The van der Waals surface area contributed by atoms with Crippen LogP contribution < -0.4 is 11.3 Å². The van der Waals surface area contributed by atoms with E-state index in [0.717, 1.165) is 60.2 Å². The highest BCUT2D eigenvalue weighted by molar-refractivity contribution is 5.92. The molecule has 0 spiro atoms. The Kier molecular flexibility index (Phi) is 6.56. The largest absolute Gasteiger partial charge is 0.391 e. The number of nitrogen functional groups attached to an aromatic ring is 1. The van der Waals surface area contributed by atoms with E-state index in [2.05, 4.69) is 27.1 Å². The van der Waals surface area contributed by atoms with Gasteiger partial charge in [-0.15, -0.1) is 0 Å². The minimum Gasteiger partial charge on any atom is -0.335 e. The number of hydrazine groups is 1. The predicted octanol–water partition coefficient (Wildman–Crippen LogP) is 6.10. The average Bonchev–Trinajstić information content (AvgIpc) is 2.99. The maximum atomic E-state index is 11.2. The Hall–Kier alpha value is -3.05. The number of aromatic nitrogens is 2. The molecule has 4 rings (SSSR count). The summed E-state index contributed by atoms with van der Waals surface area (Å²) in [6.45, 7) is 4.29. The molecule has 2 aromatic heterocycles. The molecule has 0 aliphatic heterocycles. The number of nitrogens with two attached hydrogens (primary N) is 1. The summed E-state index contributed by atoms with van der Waals surface area (Å²) >= 11 is 0. The Morgan fingerprint density at radius 3 is 2.29 bits per heavy atom. The molecule has 31 heavy (non-hydrogen) atoms. The van der Waals surface area contributed by atoms with Crippen molar-refractivity contribution in [2.75, 3.05) is 5.43 Å². The molecular weight excluding hydrogens is 403 g/mol. The van der Waals surface area contributed by atoms with Gasteiger partial charge in [0.15, 0.2) is 0 Å². The monoisotopic (exact) mass is 429 g/mol. The van der Waals surface area contributed by atoms with Gasteiger partial charge in [0.1, 0.15) is 17.1 Å². The van der Waals surface area contributed by atoms with E-state index in [4.69, 9.17) is 5.84 Å². The summed E-state index contributed by atoms with van der Waals surface area (Å²) in [5.41, 5.74) is 9.11. The number of nitrogens with zero attached hydrogens (tertiary/aromatic N) is 3. The van der Waals surface area contributed by atoms with Gasteiger partial charge in [-0.3, -0.25) is 10.8 Å². The van der Waals surface area contributed by atoms with E-state index in [0.29, 0.717) is 11.6 Å². The fourth-order valence-electron chi connectivity index (χ4n) is 3.42. The molecule has 3 N–H and O–H groups in total. The second-order valence-corrected chi connectivity index (χ2v) is 8.09. The normalized spacial score (nSPS) is 14.0. The van der Waals surface area contributed by atoms with Gasteiger partial charge < -0.3 is 9.99 Å². The summed E-state index contributed by atoms with van der Waals surface area (Å²) in [6, 6.07) is 12.8. The molecule has 0 radical (unpaired) electrons. The van der Waals surface area contributed by atoms with Crippen molar-refractivity contribution in [3.05, 3.63) is 47.7 Å². The summed E-state index contributed by atoms with van der Waals surface area (Å²) in [4.78, 5) is 4.56. The van der Waals surface area contributed by atoms with Gasteiger partial charge in [0.2, 0.25) is 0 Å². The summed E-state index contributed by atoms with van der Waals surface area (Å²) in [6.07, 6.45) is 1.37. The summed E-state index contributed by atoms with van der Waals surface area (Å²) in [5.74, 6) is 4.26. The molecule has 0 saturated heterocycles. The zero-order valence-corrected chi connectivity index (χ0v) is 17.8. The number of hydrogen-bond acceptors (Lipinski definition) is 4. The van der Waals surface area contributed by atoms with Crippen molar-refractivity contribution in [2.24, 2.45) is 11.8 Å². The SMILES string of the molecule is CC(C)C(F)(F)F.Cc1cnc2c(C#N)c(-c3ccc(NN)cc3)n(C3CCC3)c2c1. The molecule has 0 bridgehead atoms. The smallest absolute Gasteiger partial charge is 0.335 e. The summed E-state index contributed by atoms with van der Waals surface area (Å²) < 4.78 is 35.9. The van der Waals surface area contributed by atoms with Crippen LogP contribution in [0.25, 0.3) is 22.3 Å². The van der Waals surface area contributed by atoms with E-state index in [9.17, 15) is 18.4 Å². The highest BCUT2D eigenvalue weighted by Gasteiger charge is 2.31. The number of rotatable bonds is 3. The lowest BCUT2D eigenvalue weighted by molar-refractivity contribution is -0.164. The Bertz CT molecular complexity index is 1090. The topological polar surface area (TPSA) is 79.7 Å². The number of anilines is 1. The van der Waals surface area contributed by atoms with Crippen LogP contribution >= 0.6 is 0 Å². The molecule has 1 fully saturated rings. The predicted molar refractivity (Wildman–Crippen MR) is 116 cm³/mol. The molecule has 3 aromatic rings. The molecule has 1 saturated carbocycles. The number of hydrogen-bond donors (Lipinski definition) is 2. The molecule has 5 nitrogen and oxygen atoms in total. The van der Waals surface area contributed by atoms with E-state index in [1.165, 1.54) is 6.42 Å². The molecule has 0 unspecified atom stereocenters. The van der Waals surface area contributed by atoms with Crippen molar-refractivity contribution < 1.29 is 13.2 Å². The van der Waals surface area contributed by atoms with E-state index in [1.54, 1.807) is 0 Å². The van der Waals surface area contributed by atoms with Crippen LogP contribution in [0.5, 0.6) is 0 Å². The van der Waals surface area contributed by atoms with Gasteiger partial charge >= 0.3 is 6.18 Å². The first-order chi connectivity index (χ1) is 14.7. The van der Waals surface area contributed by atoms with Crippen LogP contribution in [0.1, 0.15) is 50.3 Å².